The minimum atomic E-state index is -1.26. The Balaban J connectivity index is 2.89. The molecule has 13 nitrogen and oxygen atoms in total. The van der Waals surface area contributed by atoms with Crippen molar-refractivity contribution in [3.05, 3.63) is 29.8 Å². The number of benzene rings is 1. The second-order valence-corrected chi connectivity index (χ2v) is 8.18. The molecule has 1 rings (SSSR count). The highest BCUT2D eigenvalue weighted by Gasteiger charge is 2.29. The predicted molar refractivity (Wildman–Crippen MR) is 133 cm³/mol. The summed E-state index contributed by atoms with van der Waals surface area (Å²) in [7, 11) is 0. The van der Waals surface area contributed by atoms with Crippen LogP contribution in [-0.2, 0) is 25.6 Å². The van der Waals surface area contributed by atoms with Gasteiger partial charge in [-0.05, 0) is 37.5 Å². The Morgan fingerprint density at radius 3 is 2.03 bits per heavy atom. The lowest BCUT2D eigenvalue weighted by Gasteiger charge is -2.24. The molecule has 0 heterocycles. The number of carboxylic acid groups (broad SMARTS) is 1. The second-order valence-electron chi connectivity index (χ2n) is 7.81. The Morgan fingerprint density at radius 1 is 0.971 bits per heavy atom. The maximum atomic E-state index is 13.0. The number of amides is 3. The summed E-state index contributed by atoms with van der Waals surface area (Å²) in [5.41, 5.74) is 16.7. The molecule has 1 aromatic rings. The average molecular weight is 512 g/mol. The fourth-order valence-electron chi connectivity index (χ4n) is 2.88. The zero-order chi connectivity index (χ0) is 26.5. The quantitative estimate of drug-likeness (QED) is 0.0569. The number of aromatic hydroxyl groups is 1. The van der Waals surface area contributed by atoms with Gasteiger partial charge in [0.1, 0.15) is 23.9 Å². The minimum Gasteiger partial charge on any atom is -0.508 e. The van der Waals surface area contributed by atoms with E-state index in [0.717, 1.165) is 0 Å². The van der Waals surface area contributed by atoms with Crippen molar-refractivity contribution >= 4 is 42.3 Å². The van der Waals surface area contributed by atoms with Crippen LogP contribution in [0.15, 0.2) is 29.3 Å². The van der Waals surface area contributed by atoms with Crippen molar-refractivity contribution in [3.63, 3.8) is 0 Å². The van der Waals surface area contributed by atoms with E-state index >= 15 is 0 Å². The van der Waals surface area contributed by atoms with Gasteiger partial charge >= 0.3 is 5.97 Å². The Kier molecular flexibility index (Phi) is 12.4. The number of hydrogen-bond donors (Lipinski definition) is 9. The zero-order valence-electron chi connectivity index (χ0n) is 19.3. The van der Waals surface area contributed by atoms with Crippen molar-refractivity contribution in [2.45, 2.75) is 50.4 Å². The summed E-state index contributed by atoms with van der Waals surface area (Å²) in [5.74, 6) is -3.52. The maximum Gasteiger partial charge on any atom is 0.326 e. The van der Waals surface area contributed by atoms with Crippen molar-refractivity contribution in [2.75, 3.05) is 12.3 Å². The fourth-order valence-corrected chi connectivity index (χ4v) is 3.14. The fraction of sp³-hybridized carbons (Fsp3) is 0.476. The summed E-state index contributed by atoms with van der Waals surface area (Å²) in [5, 5.41) is 26.2. The number of nitrogens with two attached hydrogens (primary N) is 3. The van der Waals surface area contributed by atoms with Crippen LogP contribution in [0.5, 0.6) is 5.75 Å². The third-order valence-corrected chi connectivity index (χ3v) is 5.16. The first kappa shape index (κ1) is 29.5. The van der Waals surface area contributed by atoms with E-state index in [-0.39, 0.29) is 36.8 Å². The van der Waals surface area contributed by atoms with Crippen LogP contribution in [0.1, 0.15) is 25.3 Å². The van der Waals surface area contributed by atoms with E-state index in [1.165, 1.54) is 19.1 Å². The van der Waals surface area contributed by atoms with Gasteiger partial charge in [0.2, 0.25) is 17.7 Å². The van der Waals surface area contributed by atoms with Gasteiger partial charge in [-0.25, -0.2) is 4.79 Å². The van der Waals surface area contributed by atoms with Crippen molar-refractivity contribution in [3.8, 4) is 5.75 Å². The first-order chi connectivity index (χ1) is 16.4. The molecule has 0 radical (unpaired) electrons. The molecule has 3 amide bonds. The first-order valence-electron chi connectivity index (χ1n) is 10.8. The maximum absolute atomic E-state index is 13.0. The SMILES string of the molecule is CC(N)C(=O)NC(Cc1ccc(O)cc1)C(=O)NC(CS)C(=O)NC(CCCN=C(N)N)C(=O)O. The number of rotatable bonds is 14. The number of phenolic OH excluding ortho intramolecular Hbond substituents is 1. The van der Waals surface area contributed by atoms with Gasteiger partial charge < -0.3 is 43.4 Å². The molecule has 0 saturated carbocycles. The van der Waals surface area contributed by atoms with E-state index in [4.69, 9.17) is 17.2 Å². The van der Waals surface area contributed by atoms with E-state index in [9.17, 15) is 29.4 Å². The number of carbonyl (C=O) groups excluding carboxylic acids is 3. The third kappa shape index (κ3) is 11.0. The van der Waals surface area contributed by atoms with Crippen LogP contribution in [0, 0.1) is 0 Å². The normalized spacial score (nSPS) is 14.0. The van der Waals surface area contributed by atoms with E-state index < -0.39 is 47.9 Å². The lowest BCUT2D eigenvalue weighted by atomic mass is 10.0. The number of phenols is 1. The third-order valence-electron chi connectivity index (χ3n) is 4.80. The summed E-state index contributed by atoms with van der Waals surface area (Å²) in [6.45, 7) is 1.64. The summed E-state index contributed by atoms with van der Waals surface area (Å²) in [6, 6.07) is 1.63. The highest BCUT2D eigenvalue weighted by Crippen LogP contribution is 2.12. The number of nitrogens with zero attached hydrogens (tertiary/aromatic N) is 1. The monoisotopic (exact) mass is 511 g/mol. The van der Waals surface area contributed by atoms with Gasteiger partial charge in [-0.1, -0.05) is 12.1 Å². The van der Waals surface area contributed by atoms with Gasteiger partial charge in [-0.2, -0.15) is 12.6 Å². The van der Waals surface area contributed by atoms with Crippen molar-refractivity contribution in [1.29, 1.82) is 0 Å². The summed E-state index contributed by atoms with van der Waals surface area (Å²) < 4.78 is 0. The van der Waals surface area contributed by atoms with Crippen LogP contribution in [0.4, 0.5) is 0 Å². The topological polar surface area (TPSA) is 235 Å². The molecular formula is C21H33N7O6S. The first-order valence-corrected chi connectivity index (χ1v) is 11.4. The van der Waals surface area contributed by atoms with Crippen LogP contribution < -0.4 is 33.2 Å². The van der Waals surface area contributed by atoms with Crippen LogP contribution in [0.3, 0.4) is 0 Å². The lowest BCUT2D eigenvalue weighted by molar-refractivity contribution is -0.142. The molecule has 194 valence electrons. The second kappa shape index (κ2) is 14.7. The number of nitrogens with one attached hydrogen (secondary N) is 3. The molecule has 11 N–H and O–H groups in total. The summed E-state index contributed by atoms with van der Waals surface area (Å²) in [6.07, 6.45) is 0.401. The van der Waals surface area contributed by atoms with Gasteiger partial charge in [0.15, 0.2) is 5.96 Å². The molecule has 1 aromatic carbocycles. The Labute approximate surface area is 208 Å². The molecule has 35 heavy (non-hydrogen) atoms. The Bertz CT molecular complexity index is 906. The van der Waals surface area contributed by atoms with E-state index in [1.54, 1.807) is 12.1 Å². The average Bonchev–Trinajstić information content (AvgIpc) is 2.79. The number of thiol groups is 1. The van der Waals surface area contributed by atoms with E-state index in [0.29, 0.717) is 12.0 Å². The van der Waals surface area contributed by atoms with Gasteiger partial charge in [0.25, 0.3) is 0 Å². The number of carboxylic acids is 1. The van der Waals surface area contributed by atoms with Crippen LogP contribution in [-0.4, -0.2) is 76.3 Å². The number of aliphatic imine (C=N–C) groups is 1. The largest absolute Gasteiger partial charge is 0.508 e. The van der Waals surface area contributed by atoms with Crippen molar-refractivity contribution in [1.82, 2.24) is 16.0 Å². The molecule has 4 unspecified atom stereocenters. The van der Waals surface area contributed by atoms with Crippen molar-refractivity contribution in [2.24, 2.45) is 22.2 Å². The number of hydrogen-bond acceptors (Lipinski definition) is 8. The summed E-state index contributed by atoms with van der Waals surface area (Å²) in [4.78, 5) is 53.1. The molecule has 0 bridgehead atoms. The molecule has 0 fully saturated rings. The molecule has 14 heteroatoms. The molecule has 0 aliphatic rings. The molecule has 4 atom stereocenters. The molecule has 0 saturated heterocycles. The molecule has 0 aromatic heterocycles. The lowest BCUT2D eigenvalue weighted by Crippen LogP contribution is -2.58. The van der Waals surface area contributed by atoms with Gasteiger partial charge in [-0.3, -0.25) is 19.4 Å². The van der Waals surface area contributed by atoms with Gasteiger partial charge in [0, 0.05) is 18.7 Å². The van der Waals surface area contributed by atoms with Crippen LogP contribution in [0.25, 0.3) is 0 Å². The number of aliphatic carboxylic acids is 1. The Hall–Kier alpha value is -3.52. The Morgan fingerprint density at radius 2 is 1.51 bits per heavy atom. The number of carbonyl (C=O) groups is 4. The number of guanidine groups is 1. The minimum absolute atomic E-state index is 0.0347. The van der Waals surface area contributed by atoms with Gasteiger partial charge in [0.05, 0.1) is 6.04 Å². The summed E-state index contributed by atoms with van der Waals surface area (Å²) >= 11 is 4.09. The van der Waals surface area contributed by atoms with E-state index in [1.807, 2.05) is 0 Å². The smallest absolute Gasteiger partial charge is 0.326 e. The molecule has 0 spiro atoms. The van der Waals surface area contributed by atoms with Gasteiger partial charge in [-0.15, -0.1) is 0 Å². The molecule has 0 aliphatic carbocycles. The molecule has 0 aliphatic heterocycles. The highest BCUT2D eigenvalue weighted by atomic mass is 32.1. The zero-order valence-corrected chi connectivity index (χ0v) is 20.2. The predicted octanol–water partition coefficient (Wildman–Crippen LogP) is -2.20. The van der Waals surface area contributed by atoms with Crippen LogP contribution in [0.2, 0.25) is 0 Å². The van der Waals surface area contributed by atoms with Crippen molar-refractivity contribution < 1.29 is 29.4 Å². The van der Waals surface area contributed by atoms with Crippen LogP contribution >= 0.6 is 12.6 Å². The molecular weight excluding hydrogens is 478 g/mol. The standard InChI is InChI=1S/C21H33N7O6S/c1-11(22)17(30)27-15(9-12-4-6-13(29)7-5-12)18(31)28-16(10-35)19(32)26-14(20(33)34)3-2-8-25-21(23)24/h4-7,11,14-16,29,35H,2-3,8-10,22H2,1H3,(H,26,32)(H,27,30)(H,28,31)(H,33,34)(H4,23,24,25). The highest BCUT2D eigenvalue weighted by molar-refractivity contribution is 7.80. The van der Waals surface area contributed by atoms with E-state index in [2.05, 4.69) is 33.6 Å².